The Hall–Kier alpha value is -0.400. The number of ether oxygens (including phenoxy) is 1. The smallest absolute Gasteiger partial charge is 0.393 e. The molecule has 7 heteroatoms. The van der Waals surface area contributed by atoms with E-state index in [1.807, 2.05) is 0 Å². The first-order chi connectivity index (χ1) is 8.38. The number of likely N-dealkylation sites (tertiary alicyclic amines) is 1. The third-order valence-corrected chi connectivity index (χ3v) is 3.27. The van der Waals surface area contributed by atoms with E-state index in [1.54, 1.807) is 0 Å². The standard InChI is InChI=1S/C11H19F3N2OS/c12-11(13,14)8-17-6-2-5-16-4-1-3-9(7-16)10(15)18/h9H,1-8H2,(H2,15,18). The maximum absolute atomic E-state index is 11.8. The molecule has 3 nitrogen and oxygen atoms in total. The fraction of sp³-hybridized carbons (Fsp3) is 0.909. The molecule has 0 saturated carbocycles. The monoisotopic (exact) mass is 284 g/mol. The Balaban J connectivity index is 2.10. The van der Waals surface area contributed by atoms with Gasteiger partial charge in [-0.2, -0.15) is 13.2 Å². The number of piperidine rings is 1. The third-order valence-electron chi connectivity index (χ3n) is 2.94. The molecule has 1 atom stereocenters. The van der Waals surface area contributed by atoms with Crippen molar-refractivity contribution >= 4 is 17.2 Å². The van der Waals surface area contributed by atoms with E-state index in [0.717, 1.165) is 32.5 Å². The maximum Gasteiger partial charge on any atom is 0.411 e. The lowest BCUT2D eigenvalue weighted by Gasteiger charge is -2.32. The van der Waals surface area contributed by atoms with Crippen LogP contribution in [0.1, 0.15) is 19.3 Å². The molecule has 0 radical (unpaired) electrons. The molecule has 0 aromatic rings. The van der Waals surface area contributed by atoms with E-state index < -0.39 is 12.8 Å². The Kier molecular flexibility index (Phi) is 6.31. The second-order valence-corrected chi connectivity index (χ2v) is 5.03. The van der Waals surface area contributed by atoms with E-state index in [9.17, 15) is 13.2 Å². The van der Waals surface area contributed by atoms with Gasteiger partial charge in [0.1, 0.15) is 6.61 Å². The molecule has 1 saturated heterocycles. The Bertz CT molecular complexity index is 274. The number of halogens is 3. The molecule has 2 N–H and O–H groups in total. The van der Waals surface area contributed by atoms with Crippen molar-refractivity contribution in [3.05, 3.63) is 0 Å². The largest absolute Gasteiger partial charge is 0.411 e. The molecule has 18 heavy (non-hydrogen) atoms. The number of rotatable bonds is 6. The minimum absolute atomic E-state index is 0.133. The summed E-state index contributed by atoms with van der Waals surface area (Å²) in [4.78, 5) is 2.72. The van der Waals surface area contributed by atoms with Crippen molar-refractivity contribution in [3.8, 4) is 0 Å². The molecule has 1 aliphatic rings. The maximum atomic E-state index is 11.8. The van der Waals surface area contributed by atoms with Gasteiger partial charge < -0.3 is 15.4 Å². The second-order valence-electron chi connectivity index (χ2n) is 4.56. The highest BCUT2D eigenvalue weighted by atomic mass is 32.1. The van der Waals surface area contributed by atoms with Crippen LogP contribution < -0.4 is 5.73 Å². The van der Waals surface area contributed by atoms with Crippen LogP contribution >= 0.6 is 12.2 Å². The summed E-state index contributed by atoms with van der Waals surface area (Å²) in [6, 6.07) is 0. The summed E-state index contributed by atoms with van der Waals surface area (Å²) in [6.45, 7) is 1.47. The Morgan fingerprint density at radius 2 is 2.17 bits per heavy atom. The zero-order valence-electron chi connectivity index (χ0n) is 10.2. The minimum atomic E-state index is -4.23. The van der Waals surface area contributed by atoms with Crippen molar-refractivity contribution in [2.75, 3.05) is 32.8 Å². The Labute approximate surface area is 110 Å². The van der Waals surface area contributed by atoms with Crippen LogP contribution in [0.5, 0.6) is 0 Å². The summed E-state index contributed by atoms with van der Waals surface area (Å²) in [5, 5.41) is 0. The first-order valence-electron chi connectivity index (χ1n) is 6.04. The summed E-state index contributed by atoms with van der Waals surface area (Å²) in [7, 11) is 0. The number of alkyl halides is 3. The van der Waals surface area contributed by atoms with Crippen LogP contribution in [0.25, 0.3) is 0 Å². The summed E-state index contributed by atoms with van der Waals surface area (Å²) < 4.78 is 40.0. The molecule has 1 heterocycles. The van der Waals surface area contributed by atoms with Gasteiger partial charge in [0.05, 0.1) is 4.99 Å². The molecule has 106 valence electrons. The van der Waals surface area contributed by atoms with Crippen LogP contribution in [-0.4, -0.2) is 48.9 Å². The van der Waals surface area contributed by atoms with Gasteiger partial charge in [-0.1, -0.05) is 12.2 Å². The summed E-state index contributed by atoms with van der Waals surface area (Å²) in [5.41, 5.74) is 5.61. The predicted octanol–water partition coefficient (Wildman–Crippen LogP) is 1.95. The molecule has 0 aliphatic carbocycles. The van der Waals surface area contributed by atoms with Gasteiger partial charge in [-0.05, 0) is 25.8 Å². The topological polar surface area (TPSA) is 38.5 Å². The van der Waals surface area contributed by atoms with E-state index in [4.69, 9.17) is 18.0 Å². The molecule has 0 bridgehead atoms. The van der Waals surface area contributed by atoms with Gasteiger partial charge >= 0.3 is 6.18 Å². The van der Waals surface area contributed by atoms with Crippen LogP contribution in [-0.2, 0) is 4.74 Å². The van der Waals surface area contributed by atoms with Gasteiger partial charge in [-0.15, -0.1) is 0 Å². The van der Waals surface area contributed by atoms with Gasteiger partial charge in [-0.25, -0.2) is 0 Å². The quantitative estimate of drug-likeness (QED) is 0.598. The molecule has 1 unspecified atom stereocenters. The van der Waals surface area contributed by atoms with E-state index >= 15 is 0 Å². The van der Waals surface area contributed by atoms with Crippen LogP contribution in [0.15, 0.2) is 0 Å². The SMILES string of the molecule is NC(=S)C1CCCN(CCCOCC(F)(F)F)C1. The Morgan fingerprint density at radius 1 is 1.44 bits per heavy atom. The number of hydrogen-bond acceptors (Lipinski definition) is 3. The van der Waals surface area contributed by atoms with Gasteiger partial charge in [-0.3, -0.25) is 0 Å². The van der Waals surface area contributed by atoms with Crippen LogP contribution in [0.4, 0.5) is 13.2 Å². The summed E-state index contributed by atoms with van der Waals surface area (Å²) >= 11 is 4.96. The van der Waals surface area contributed by atoms with E-state index in [1.165, 1.54) is 0 Å². The molecule has 1 aliphatic heterocycles. The lowest BCUT2D eigenvalue weighted by Crippen LogP contribution is -2.41. The molecular weight excluding hydrogens is 265 g/mol. The van der Waals surface area contributed by atoms with Crippen LogP contribution in [0.2, 0.25) is 0 Å². The van der Waals surface area contributed by atoms with Crippen molar-refractivity contribution in [1.29, 1.82) is 0 Å². The van der Waals surface area contributed by atoms with E-state index in [2.05, 4.69) is 9.64 Å². The van der Waals surface area contributed by atoms with Gasteiger partial charge in [0, 0.05) is 25.6 Å². The molecule has 0 aromatic carbocycles. The first-order valence-corrected chi connectivity index (χ1v) is 6.45. The Morgan fingerprint density at radius 3 is 2.78 bits per heavy atom. The normalized spacial score (nSPS) is 22.1. The fourth-order valence-corrected chi connectivity index (χ4v) is 2.26. The highest BCUT2D eigenvalue weighted by molar-refractivity contribution is 7.80. The average molecular weight is 284 g/mol. The zero-order valence-corrected chi connectivity index (χ0v) is 11.0. The highest BCUT2D eigenvalue weighted by Crippen LogP contribution is 2.17. The summed E-state index contributed by atoms with van der Waals surface area (Å²) in [5.74, 6) is 0.241. The lowest BCUT2D eigenvalue weighted by molar-refractivity contribution is -0.174. The highest BCUT2D eigenvalue weighted by Gasteiger charge is 2.27. The molecule has 1 fully saturated rings. The number of thiocarbonyl (C=S) groups is 1. The first kappa shape index (κ1) is 15.7. The minimum Gasteiger partial charge on any atom is -0.393 e. The van der Waals surface area contributed by atoms with Crippen molar-refractivity contribution in [1.82, 2.24) is 4.90 Å². The van der Waals surface area contributed by atoms with Gasteiger partial charge in [0.25, 0.3) is 0 Å². The zero-order chi connectivity index (χ0) is 13.6. The van der Waals surface area contributed by atoms with Crippen molar-refractivity contribution < 1.29 is 17.9 Å². The average Bonchev–Trinajstić information content (AvgIpc) is 2.27. The number of hydrogen-bond donors (Lipinski definition) is 1. The molecule has 0 amide bonds. The fourth-order valence-electron chi connectivity index (χ4n) is 2.07. The van der Waals surface area contributed by atoms with Crippen LogP contribution in [0.3, 0.4) is 0 Å². The molecule has 0 aromatic heterocycles. The third kappa shape index (κ3) is 6.51. The number of nitrogens with zero attached hydrogens (tertiary/aromatic N) is 1. The van der Waals surface area contributed by atoms with Crippen molar-refractivity contribution in [2.45, 2.75) is 25.4 Å². The number of nitrogens with two attached hydrogens (primary N) is 1. The lowest BCUT2D eigenvalue weighted by atomic mass is 9.98. The van der Waals surface area contributed by atoms with E-state index in [-0.39, 0.29) is 12.5 Å². The summed E-state index contributed by atoms with van der Waals surface area (Å²) in [6.07, 6.45) is -1.59. The van der Waals surface area contributed by atoms with Crippen molar-refractivity contribution in [3.63, 3.8) is 0 Å². The molecule has 1 rings (SSSR count). The predicted molar refractivity (Wildman–Crippen MR) is 67.4 cm³/mol. The van der Waals surface area contributed by atoms with Gasteiger partial charge in [0.15, 0.2) is 0 Å². The van der Waals surface area contributed by atoms with Crippen molar-refractivity contribution in [2.24, 2.45) is 11.7 Å². The van der Waals surface area contributed by atoms with E-state index in [0.29, 0.717) is 11.4 Å². The molecule has 0 spiro atoms. The molecular formula is C11H19F3N2OS. The second kappa shape index (κ2) is 7.25. The van der Waals surface area contributed by atoms with Gasteiger partial charge in [0.2, 0.25) is 0 Å². The van der Waals surface area contributed by atoms with Crippen LogP contribution in [0, 0.1) is 5.92 Å².